The van der Waals surface area contributed by atoms with E-state index in [0.717, 1.165) is 17.5 Å². The molecule has 0 aliphatic carbocycles. The molecule has 3 unspecified atom stereocenters. The third-order valence-electron chi connectivity index (χ3n) is 8.99. The minimum absolute atomic E-state index is 0.0474. The molecule has 10 nitrogen and oxygen atoms in total. The molecule has 4 heterocycles. The van der Waals surface area contributed by atoms with E-state index in [1.807, 2.05) is 68.4 Å². The molecule has 2 bridgehead atoms. The number of aliphatic hydroxyl groups excluding tert-OH is 1. The number of aliphatic hydroxyl groups is 1. The summed E-state index contributed by atoms with van der Waals surface area (Å²) in [6.07, 6.45) is 1.29. The molecule has 1 spiro atoms. The van der Waals surface area contributed by atoms with Crippen LogP contribution in [0.1, 0.15) is 26.7 Å². The number of nitrogens with one attached hydrogen (secondary N) is 2. The average molecular weight is 642 g/mol. The highest BCUT2D eigenvalue weighted by molar-refractivity contribution is 9.09. The van der Waals surface area contributed by atoms with Gasteiger partial charge >= 0.3 is 0 Å². The maximum Gasteiger partial charge on any atom is 0.245 e. The molecule has 1 aromatic heterocycles. The highest BCUT2D eigenvalue weighted by atomic mass is 79.9. The Morgan fingerprint density at radius 2 is 1.90 bits per heavy atom. The number of carbonyl (C=O) groups excluding carboxylic acids is 3. The maximum absolute atomic E-state index is 14.4. The number of thioether (sulfide) groups is 1. The van der Waals surface area contributed by atoms with Gasteiger partial charge in [0, 0.05) is 15.8 Å². The molecule has 3 N–H and O–H groups in total. The predicted molar refractivity (Wildman–Crippen MR) is 160 cm³/mol. The van der Waals surface area contributed by atoms with Gasteiger partial charge in [-0.2, -0.15) is 0 Å². The van der Waals surface area contributed by atoms with E-state index in [0.29, 0.717) is 12.1 Å². The molecule has 3 aliphatic heterocycles. The second kappa shape index (κ2) is 11.0. The fraction of sp³-hybridized carbons (Fsp3) is 0.483. The first-order valence-corrected chi connectivity index (χ1v) is 15.8. The Morgan fingerprint density at radius 1 is 1.17 bits per heavy atom. The SMILES string of the molecule is CC[C@H](C)[C@H](CO)N1C(=O)[C@@H]2[C@@H](C(=O)Nc3ccccc3)[C@@H]3SC2(CC3Br)C1C(=O)NCn1nnc2ccccc21. The van der Waals surface area contributed by atoms with Crippen LogP contribution in [0.5, 0.6) is 0 Å². The number of fused-ring (bicyclic) bond motifs is 2. The van der Waals surface area contributed by atoms with Crippen molar-refractivity contribution < 1.29 is 19.5 Å². The molecule has 3 amide bonds. The molecule has 2 aromatic carbocycles. The second-order valence-corrected chi connectivity index (χ2v) is 13.9. The van der Waals surface area contributed by atoms with Gasteiger partial charge in [-0.1, -0.05) is 71.7 Å². The van der Waals surface area contributed by atoms with Crippen LogP contribution in [0.2, 0.25) is 0 Å². The molecule has 0 radical (unpaired) electrons. The lowest BCUT2D eigenvalue weighted by Crippen LogP contribution is -2.58. The Labute approximate surface area is 250 Å². The molecule has 12 heteroatoms. The number of anilines is 1. The highest BCUT2D eigenvalue weighted by Gasteiger charge is 2.76. The van der Waals surface area contributed by atoms with Crippen molar-refractivity contribution in [1.82, 2.24) is 25.2 Å². The Morgan fingerprint density at radius 3 is 2.63 bits per heavy atom. The zero-order valence-corrected chi connectivity index (χ0v) is 25.2. The van der Waals surface area contributed by atoms with Crippen molar-refractivity contribution in [2.24, 2.45) is 17.8 Å². The lowest BCUT2D eigenvalue weighted by molar-refractivity contribution is -0.143. The largest absolute Gasteiger partial charge is 0.394 e. The van der Waals surface area contributed by atoms with Gasteiger partial charge in [0.2, 0.25) is 17.7 Å². The summed E-state index contributed by atoms with van der Waals surface area (Å²) in [6, 6.07) is 15.3. The minimum atomic E-state index is -0.856. The van der Waals surface area contributed by atoms with Gasteiger partial charge in [-0.25, -0.2) is 4.68 Å². The van der Waals surface area contributed by atoms with Gasteiger partial charge in [0.05, 0.1) is 34.7 Å². The van der Waals surface area contributed by atoms with Crippen LogP contribution < -0.4 is 10.6 Å². The Balaban J connectivity index is 1.35. The number of alkyl halides is 1. The van der Waals surface area contributed by atoms with Crippen molar-refractivity contribution in [3.63, 3.8) is 0 Å². The van der Waals surface area contributed by atoms with Crippen molar-refractivity contribution in [3.8, 4) is 0 Å². The van der Waals surface area contributed by atoms with Crippen molar-refractivity contribution >= 4 is 62.1 Å². The normalized spacial score (nSPS) is 29.9. The number of nitrogens with zero attached hydrogens (tertiary/aromatic N) is 4. The van der Waals surface area contributed by atoms with Gasteiger partial charge in [0.15, 0.2) is 0 Å². The lowest BCUT2D eigenvalue weighted by atomic mass is 9.70. The number of halogens is 1. The number of carbonyl (C=O) groups is 3. The van der Waals surface area contributed by atoms with Gasteiger partial charge in [0.25, 0.3) is 0 Å². The Hall–Kier alpha value is -2.96. The number of aromatic nitrogens is 3. The number of hydrogen-bond acceptors (Lipinski definition) is 7. The zero-order valence-electron chi connectivity index (χ0n) is 22.8. The third kappa shape index (κ3) is 4.54. The fourth-order valence-corrected chi connectivity index (χ4v) is 10.5. The molecule has 3 aromatic rings. The number of benzene rings is 2. The predicted octanol–water partition coefficient (Wildman–Crippen LogP) is 3.02. The fourth-order valence-electron chi connectivity index (χ4n) is 6.87. The summed E-state index contributed by atoms with van der Waals surface area (Å²) in [5, 5.41) is 24.7. The van der Waals surface area contributed by atoms with Crippen LogP contribution in [0.25, 0.3) is 11.0 Å². The molecule has 41 heavy (non-hydrogen) atoms. The summed E-state index contributed by atoms with van der Waals surface area (Å²) in [6.45, 7) is 3.79. The van der Waals surface area contributed by atoms with Crippen molar-refractivity contribution in [2.75, 3.05) is 11.9 Å². The molecule has 3 saturated heterocycles. The Bertz CT molecular complexity index is 1470. The first-order valence-electron chi connectivity index (χ1n) is 14.0. The molecule has 8 atom stereocenters. The summed E-state index contributed by atoms with van der Waals surface area (Å²) >= 11 is 5.37. The van der Waals surface area contributed by atoms with Crippen LogP contribution >= 0.6 is 27.7 Å². The standard InChI is InChI=1S/C29H33BrN6O4S/c1-3-16(2)21(14-37)36-25(27(39)31-15-35-20-12-8-7-11-19(20)33-34-35)29-13-18(30)24(41-29)22(23(29)28(36)40)26(38)32-17-9-5-4-6-10-17/h4-12,16,18,21-25,37H,3,13-15H2,1-2H3,(H,31,39)(H,32,38)/t16-,18?,21-,22+,23-,24+,25?,29?/m0/s1. The van der Waals surface area contributed by atoms with Crippen molar-refractivity contribution in [2.45, 2.75) is 60.3 Å². The number of hydrogen-bond donors (Lipinski definition) is 3. The van der Waals surface area contributed by atoms with E-state index in [9.17, 15) is 19.5 Å². The van der Waals surface area contributed by atoms with E-state index < -0.39 is 28.7 Å². The van der Waals surface area contributed by atoms with Crippen LogP contribution in [0, 0.1) is 17.8 Å². The summed E-state index contributed by atoms with van der Waals surface area (Å²) < 4.78 is 0.800. The van der Waals surface area contributed by atoms with Crippen molar-refractivity contribution in [1.29, 1.82) is 0 Å². The van der Waals surface area contributed by atoms with Gasteiger partial charge in [-0.15, -0.1) is 16.9 Å². The summed E-state index contributed by atoms with van der Waals surface area (Å²) in [7, 11) is 0. The topological polar surface area (TPSA) is 129 Å². The number of likely N-dealkylation sites (tertiary alicyclic amines) is 1. The molecule has 6 rings (SSSR count). The first kappa shape index (κ1) is 28.2. The monoisotopic (exact) mass is 640 g/mol. The van der Waals surface area contributed by atoms with Crippen LogP contribution in [0.3, 0.4) is 0 Å². The van der Waals surface area contributed by atoms with Crippen LogP contribution in [0.15, 0.2) is 54.6 Å². The van der Waals surface area contributed by atoms with E-state index in [-0.39, 0.29) is 47.0 Å². The number of rotatable bonds is 9. The van der Waals surface area contributed by atoms with E-state index in [2.05, 4.69) is 36.9 Å². The summed E-state index contributed by atoms with van der Waals surface area (Å²) in [4.78, 5) is 43.9. The van der Waals surface area contributed by atoms with E-state index in [1.54, 1.807) is 21.3 Å². The number of amides is 3. The number of para-hydroxylation sites is 2. The first-order chi connectivity index (χ1) is 19.8. The summed E-state index contributed by atoms with van der Waals surface area (Å²) in [5.41, 5.74) is 2.16. The quantitative estimate of drug-likeness (QED) is 0.307. The lowest BCUT2D eigenvalue weighted by Gasteiger charge is -2.39. The average Bonchev–Trinajstić information content (AvgIpc) is 3.70. The Kier molecular flexibility index (Phi) is 7.58. The van der Waals surface area contributed by atoms with Crippen LogP contribution in [-0.4, -0.2) is 76.2 Å². The van der Waals surface area contributed by atoms with Crippen LogP contribution in [0.4, 0.5) is 5.69 Å². The molecule has 0 saturated carbocycles. The van der Waals surface area contributed by atoms with Gasteiger partial charge in [-0.05, 0) is 36.6 Å². The molecular weight excluding hydrogens is 608 g/mol. The highest BCUT2D eigenvalue weighted by Crippen LogP contribution is 2.68. The van der Waals surface area contributed by atoms with Crippen LogP contribution in [-0.2, 0) is 21.1 Å². The van der Waals surface area contributed by atoms with E-state index in [1.165, 1.54) is 0 Å². The van der Waals surface area contributed by atoms with E-state index >= 15 is 0 Å². The molecular formula is C29H33BrN6O4S. The second-order valence-electron chi connectivity index (χ2n) is 11.2. The maximum atomic E-state index is 14.4. The molecule has 3 fully saturated rings. The third-order valence-corrected chi connectivity index (χ3v) is 12.2. The summed E-state index contributed by atoms with van der Waals surface area (Å²) in [5.74, 6) is -2.14. The zero-order chi connectivity index (χ0) is 28.9. The van der Waals surface area contributed by atoms with Gasteiger partial charge < -0.3 is 20.6 Å². The smallest absolute Gasteiger partial charge is 0.245 e. The van der Waals surface area contributed by atoms with Crippen molar-refractivity contribution in [3.05, 3.63) is 54.6 Å². The van der Waals surface area contributed by atoms with Gasteiger partial charge in [0.1, 0.15) is 18.2 Å². The van der Waals surface area contributed by atoms with E-state index in [4.69, 9.17) is 0 Å². The minimum Gasteiger partial charge on any atom is -0.394 e. The van der Waals surface area contributed by atoms with Gasteiger partial charge in [-0.3, -0.25) is 14.4 Å². The molecule has 3 aliphatic rings. The molecule has 216 valence electrons.